The van der Waals surface area contributed by atoms with Gasteiger partial charge in [-0.3, -0.25) is 9.69 Å². The highest BCUT2D eigenvalue weighted by Crippen LogP contribution is 2.20. The number of anilines is 1. The second-order valence-electron chi connectivity index (χ2n) is 5.51. The van der Waals surface area contributed by atoms with Crippen LogP contribution in [0.5, 0.6) is 0 Å². The Morgan fingerprint density at radius 2 is 2.00 bits per heavy atom. The molecule has 0 aliphatic carbocycles. The lowest BCUT2D eigenvalue weighted by atomic mass is 10.00. The largest absolute Gasteiger partial charge is 0.325 e. The average molecular weight is 312 g/mol. The number of hydrogen-bond donors (Lipinski definition) is 1. The number of carbonyl (C=O) groups is 1. The lowest BCUT2D eigenvalue weighted by Crippen LogP contribution is -2.37. The van der Waals surface area contributed by atoms with Crippen molar-refractivity contribution < 1.29 is 4.79 Å². The van der Waals surface area contributed by atoms with Crippen LogP contribution in [0.2, 0.25) is 0 Å². The molecule has 1 aliphatic heterocycles. The summed E-state index contributed by atoms with van der Waals surface area (Å²) in [5.41, 5.74) is 3.62. The number of benzene rings is 2. The lowest BCUT2D eigenvalue weighted by molar-refractivity contribution is -0.117. The van der Waals surface area contributed by atoms with Gasteiger partial charge < -0.3 is 5.32 Å². The summed E-state index contributed by atoms with van der Waals surface area (Å²) < 4.78 is 0. The third-order valence-electron chi connectivity index (χ3n) is 3.93. The summed E-state index contributed by atoms with van der Waals surface area (Å²) >= 11 is 1.68. The van der Waals surface area contributed by atoms with Gasteiger partial charge in [0.1, 0.15) is 0 Å². The summed E-state index contributed by atoms with van der Waals surface area (Å²) in [4.78, 5) is 15.6. The van der Waals surface area contributed by atoms with E-state index in [1.165, 1.54) is 11.1 Å². The van der Waals surface area contributed by atoms with Gasteiger partial charge in [-0.1, -0.05) is 30.3 Å². The summed E-state index contributed by atoms with van der Waals surface area (Å²) in [6.07, 6.45) is 3.05. The smallest absolute Gasteiger partial charge is 0.238 e. The van der Waals surface area contributed by atoms with Crippen molar-refractivity contribution in [1.82, 2.24) is 4.90 Å². The first-order valence-electron chi connectivity index (χ1n) is 7.47. The van der Waals surface area contributed by atoms with Crippen LogP contribution >= 0.6 is 11.8 Å². The summed E-state index contributed by atoms with van der Waals surface area (Å²) in [5, 5.41) is 2.99. The minimum atomic E-state index is 0.0534. The highest BCUT2D eigenvalue weighted by Gasteiger charge is 2.17. The third-order valence-corrected chi connectivity index (χ3v) is 4.66. The Balaban J connectivity index is 1.58. The molecule has 0 radical (unpaired) electrons. The van der Waals surface area contributed by atoms with Gasteiger partial charge in [0.15, 0.2) is 0 Å². The van der Waals surface area contributed by atoms with Crippen LogP contribution in [0.15, 0.2) is 53.4 Å². The first-order valence-corrected chi connectivity index (χ1v) is 8.70. The quantitative estimate of drug-likeness (QED) is 0.878. The van der Waals surface area contributed by atoms with E-state index >= 15 is 0 Å². The Bertz CT molecular complexity index is 672. The van der Waals surface area contributed by atoms with Crippen molar-refractivity contribution in [1.29, 1.82) is 0 Å². The fraction of sp³-hybridized carbons (Fsp3) is 0.278. The number of amides is 1. The molecule has 0 saturated carbocycles. The number of carbonyl (C=O) groups excluding carboxylic acids is 1. The van der Waals surface area contributed by atoms with E-state index in [0.717, 1.165) is 30.1 Å². The Labute approximate surface area is 135 Å². The lowest BCUT2D eigenvalue weighted by Gasteiger charge is -2.28. The summed E-state index contributed by atoms with van der Waals surface area (Å²) in [5.74, 6) is 0.0534. The van der Waals surface area contributed by atoms with Crippen molar-refractivity contribution in [3.8, 4) is 0 Å². The Morgan fingerprint density at radius 1 is 1.18 bits per heavy atom. The predicted molar refractivity (Wildman–Crippen MR) is 92.3 cm³/mol. The monoisotopic (exact) mass is 312 g/mol. The zero-order chi connectivity index (χ0) is 15.4. The van der Waals surface area contributed by atoms with Gasteiger partial charge in [0.2, 0.25) is 5.91 Å². The molecule has 0 saturated heterocycles. The standard InChI is InChI=1S/C18H20N2OS/c1-22-17-8-4-7-16(11-17)19-18(21)13-20-10-9-14-5-2-3-6-15(14)12-20/h2-8,11H,9-10,12-13H2,1H3,(H,19,21). The minimum Gasteiger partial charge on any atom is -0.325 e. The van der Waals surface area contributed by atoms with Crippen LogP contribution in [0.4, 0.5) is 5.69 Å². The van der Waals surface area contributed by atoms with Gasteiger partial charge >= 0.3 is 0 Å². The topological polar surface area (TPSA) is 32.3 Å². The number of fused-ring (bicyclic) bond motifs is 1. The molecule has 114 valence electrons. The maximum absolute atomic E-state index is 12.2. The van der Waals surface area contributed by atoms with Crippen LogP contribution < -0.4 is 5.32 Å². The molecule has 3 nitrogen and oxygen atoms in total. The molecular formula is C18H20N2OS. The van der Waals surface area contributed by atoms with Gasteiger partial charge in [-0.2, -0.15) is 0 Å². The zero-order valence-electron chi connectivity index (χ0n) is 12.7. The highest BCUT2D eigenvalue weighted by molar-refractivity contribution is 7.98. The first kappa shape index (κ1) is 15.1. The van der Waals surface area contributed by atoms with E-state index in [1.807, 2.05) is 30.5 Å². The minimum absolute atomic E-state index is 0.0534. The second-order valence-corrected chi connectivity index (χ2v) is 6.39. The second kappa shape index (κ2) is 6.99. The predicted octanol–water partition coefficient (Wildman–Crippen LogP) is 3.41. The molecule has 3 rings (SSSR count). The van der Waals surface area contributed by atoms with E-state index in [9.17, 15) is 4.79 Å². The highest BCUT2D eigenvalue weighted by atomic mass is 32.2. The molecule has 1 amide bonds. The molecule has 0 aromatic heterocycles. The Kier molecular flexibility index (Phi) is 4.80. The maximum atomic E-state index is 12.2. The summed E-state index contributed by atoms with van der Waals surface area (Å²) in [7, 11) is 0. The van der Waals surface area contributed by atoms with Crippen molar-refractivity contribution in [3.63, 3.8) is 0 Å². The number of nitrogens with one attached hydrogen (secondary N) is 1. The van der Waals surface area contributed by atoms with Gasteiger partial charge in [0.25, 0.3) is 0 Å². The molecule has 0 atom stereocenters. The SMILES string of the molecule is CSc1cccc(NC(=O)CN2CCc3ccccc3C2)c1. The van der Waals surface area contributed by atoms with Crippen LogP contribution in [0.25, 0.3) is 0 Å². The number of nitrogens with zero attached hydrogens (tertiary/aromatic N) is 1. The van der Waals surface area contributed by atoms with Gasteiger partial charge in [-0.15, -0.1) is 11.8 Å². The van der Waals surface area contributed by atoms with Crippen LogP contribution in [0.3, 0.4) is 0 Å². The number of hydrogen-bond acceptors (Lipinski definition) is 3. The maximum Gasteiger partial charge on any atom is 0.238 e. The van der Waals surface area contributed by atoms with Crippen LogP contribution in [0.1, 0.15) is 11.1 Å². The fourth-order valence-corrected chi connectivity index (χ4v) is 3.25. The van der Waals surface area contributed by atoms with Gasteiger partial charge in [-0.25, -0.2) is 0 Å². The fourth-order valence-electron chi connectivity index (χ4n) is 2.79. The van der Waals surface area contributed by atoms with Gasteiger partial charge in [-0.05, 0) is 42.0 Å². The first-order chi connectivity index (χ1) is 10.7. The molecule has 0 spiro atoms. The van der Waals surface area contributed by atoms with Crippen LogP contribution in [0, 0.1) is 0 Å². The number of rotatable bonds is 4. The van der Waals surface area contributed by atoms with Crippen LogP contribution in [-0.2, 0) is 17.8 Å². The summed E-state index contributed by atoms with van der Waals surface area (Å²) in [6.45, 7) is 2.24. The molecule has 22 heavy (non-hydrogen) atoms. The summed E-state index contributed by atoms with van der Waals surface area (Å²) in [6, 6.07) is 16.4. The number of thioether (sulfide) groups is 1. The molecule has 4 heteroatoms. The van der Waals surface area contributed by atoms with E-state index in [-0.39, 0.29) is 5.91 Å². The Hall–Kier alpha value is -1.78. The van der Waals surface area contributed by atoms with Crippen molar-refractivity contribution in [2.24, 2.45) is 0 Å². The Morgan fingerprint density at radius 3 is 2.82 bits per heavy atom. The zero-order valence-corrected chi connectivity index (χ0v) is 13.5. The van der Waals surface area contributed by atoms with Crippen LogP contribution in [-0.4, -0.2) is 30.2 Å². The molecule has 1 heterocycles. The van der Waals surface area contributed by atoms with E-state index in [2.05, 4.69) is 34.5 Å². The van der Waals surface area contributed by atoms with Crippen molar-refractivity contribution in [2.45, 2.75) is 17.9 Å². The molecule has 1 N–H and O–H groups in total. The molecule has 2 aromatic carbocycles. The van der Waals surface area contributed by atoms with E-state index in [1.54, 1.807) is 11.8 Å². The molecule has 1 aliphatic rings. The third kappa shape index (κ3) is 3.70. The molecule has 0 unspecified atom stereocenters. The van der Waals surface area contributed by atoms with E-state index in [0.29, 0.717) is 6.54 Å². The van der Waals surface area contributed by atoms with Crippen molar-refractivity contribution in [3.05, 3.63) is 59.7 Å². The van der Waals surface area contributed by atoms with Crippen molar-refractivity contribution in [2.75, 3.05) is 24.7 Å². The van der Waals surface area contributed by atoms with Gasteiger partial charge in [0.05, 0.1) is 6.54 Å². The molecule has 0 bridgehead atoms. The van der Waals surface area contributed by atoms with E-state index in [4.69, 9.17) is 0 Å². The molecular weight excluding hydrogens is 292 g/mol. The normalized spacial score (nSPS) is 14.4. The van der Waals surface area contributed by atoms with Crippen molar-refractivity contribution >= 4 is 23.4 Å². The molecule has 0 fully saturated rings. The molecule has 2 aromatic rings. The average Bonchev–Trinajstić information content (AvgIpc) is 2.55. The van der Waals surface area contributed by atoms with Gasteiger partial charge in [0, 0.05) is 23.7 Å². The van der Waals surface area contributed by atoms with E-state index < -0.39 is 0 Å².